The maximum Gasteiger partial charge on any atom is 0.325 e. The fourth-order valence-corrected chi connectivity index (χ4v) is 2.22. The van der Waals surface area contributed by atoms with Gasteiger partial charge in [-0.3, -0.25) is 4.79 Å². The van der Waals surface area contributed by atoms with Gasteiger partial charge in [0.15, 0.2) is 0 Å². The van der Waals surface area contributed by atoms with Crippen LogP contribution >= 0.6 is 0 Å². The summed E-state index contributed by atoms with van der Waals surface area (Å²) in [6.45, 7) is 6.35. The number of carbonyl (C=O) groups excluding carboxylic acids is 1. The average Bonchev–Trinajstić information content (AvgIpc) is 2.43. The first-order valence-corrected chi connectivity index (χ1v) is 7.73. The van der Waals surface area contributed by atoms with E-state index in [2.05, 4.69) is 31.8 Å². The number of esters is 1. The highest BCUT2D eigenvalue weighted by Gasteiger charge is 2.15. The van der Waals surface area contributed by atoms with Crippen LogP contribution in [0.2, 0.25) is 0 Å². The fourth-order valence-electron chi connectivity index (χ4n) is 2.22. The molecule has 1 aliphatic rings. The highest BCUT2D eigenvalue weighted by Crippen LogP contribution is 2.18. The fraction of sp³-hybridized carbons (Fsp3) is 0.611. The predicted molar refractivity (Wildman–Crippen MR) is 84.4 cm³/mol. The lowest BCUT2D eigenvalue weighted by Gasteiger charge is -2.16. The Kier molecular flexibility index (Phi) is 7.85. The third-order valence-electron chi connectivity index (χ3n) is 3.28. The molecule has 0 aliphatic heterocycles. The van der Waals surface area contributed by atoms with Gasteiger partial charge >= 0.3 is 5.97 Å². The van der Waals surface area contributed by atoms with E-state index >= 15 is 0 Å². The molecule has 1 N–H and O–H groups in total. The number of rotatable bonds is 5. The van der Waals surface area contributed by atoms with Gasteiger partial charge in [-0.25, -0.2) is 0 Å². The van der Waals surface area contributed by atoms with Crippen LogP contribution in [0.5, 0.6) is 0 Å². The summed E-state index contributed by atoms with van der Waals surface area (Å²) in [5.41, 5.74) is 1.02. The molecule has 2 atom stereocenters. The Bertz CT molecular complexity index is 449. The van der Waals surface area contributed by atoms with Gasteiger partial charge in [-0.1, -0.05) is 38.0 Å². The summed E-state index contributed by atoms with van der Waals surface area (Å²) >= 11 is 0. The van der Waals surface area contributed by atoms with Crippen LogP contribution in [0.4, 0.5) is 0 Å². The van der Waals surface area contributed by atoms with E-state index < -0.39 is 12.0 Å². The van der Waals surface area contributed by atoms with Crippen LogP contribution in [-0.4, -0.2) is 23.8 Å². The molecule has 2 unspecified atom stereocenters. The zero-order valence-electron chi connectivity index (χ0n) is 13.3. The lowest BCUT2D eigenvalue weighted by Crippen LogP contribution is -2.15. The third-order valence-corrected chi connectivity index (χ3v) is 3.28. The van der Waals surface area contributed by atoms with Crippen molar-refractivity contribution < 1.29 is 14.6 Å². The maximum atomic E-state index is 11.8. The third kappa shape index (κ3) is 6.64. The molecule has 0 saturated carbocycles. The second kappa shape index (κ2) is 9.41. The minimum atomic E-state index is -0.494. The molecule has 0 saturated heterocycles. The van der Waals surface area contributed by atoms with Crippen LogP contribution < -0.4 is 0 Å². The van der Waals surface area contributed by atoms with Crippen molar-refractivity contribution in [3.8, 4) is 11.8 Å². The molecule has 0 heterocycles. The highest BCUT2D eigenvalue weighted by molar-refractivity contribution is 5.77. The first kappa shape index (κ1) is 17.5. The highest BCUT2D eigenvalue weighted by atomic mass is 16.5. The van der Waals surface area contributed by atoms with E-state index in [1.807, 2.05) is 6.08 Å². The summed E-state index contributed by atoms with van der Waals surface area (Å²) in [5, 5.41) is 10.3. The van der Waals surface area contributed by atoms with Gasteiger partial charge in [0, 0.05) is 6.42 Å². The van der Waals surface area contributed by atoms with Crippen LogP contribution in [0.3, 0.4) is 0 Å². The predicted octanol–water partition coefficient (Wildman–Crippen LogP) is 3.24. The molecule has 0 bridgehead atoms. The first-order chi connectivity index (χ1) is 10.0. The maximum absolute atomic E-state index is 11.8. The Morgan fingerprint density at radius 2 is 2.29 bits per heavy atom. The zero-order valence-corrected chi connectivity index (χ0v) is 13.3. The largest absolute Gasteiger partial charge is 0.465 e. The van der Waals surface area contributed by atoms with Crippen molar-refractivity contribution in [2.24, 2.45) is 11.8 Å². The minimum Gasteiger partial charge on any atom is -0.465 e. The average molecular weight is 290 g/mol. The van der Waals surface area contributed by atoms with Crippen molar-refractivity contribution in [1.29, 1.82) is 0 Å². The van der Waals surface area contributed by atoms with Gasteiger partial charge in [0.25, 0.3) is 0 Å². The summed E-state index contributed by atoms with van der Waals surface area (Å²) < 4.78 is 5.02. The van der Waals surface area contributed by atoms with E-state index in [4.69, 9.17) is 4.74 Å². The first-order valence-electron chi connectivity index (χ1n) is 7.73. The van der Waals surface area contributed by atoms with Crippen molar-refractivity contribution in [2.45, 2.75) is 52.6 Å². The van der Waals surface area contributed by atoms with Crippen LogP contribution in [0, 0.1) is 23.7 Å². The SMILES string of the molecule is CCOC(=O)C1C#CCC/C=C(/C(O)CC(C)C)C/C=C\1. The Morgan fingerprint density at radius 1 is 1.52 bits per heavy atom. The van der Waals surface area contributed by atoms with Crippen LogP contribution in [0.15, 0.2) is 23.8 Å². The topological polar surface area (TPSA) is 46.5 Å². The normalized spacial score (nSPS) is 24.2. The number of allylic oxidation sites excluding steroid dienone is 2. The molecule has 0 amide bonds. The molecule has 1 rings (SSSR count). The molecule has 0 aromatic rings. The standard InChI is InChI=1S/C18H26O3/c1-4-21-18(20)16-10-7-5-6-9-15(11-8-12-16)17(19)13-14(2)3/h8-9,12,14,16-17,19H,4-6,11,13H2,1-3H3/b12-8-,15-9+. The van der Waals surface area contributed by atoms with Crippen molar-refractivity contribution >= 4 is 5.97 Å². The second-order valence-electron chi connectivity index (χ2n) is 5.65. The van der Waals surface area contributed by atoms with Crippen molar-refractivity contribution in [2.75, 3.05) is 6.61 Å². The van der Waals surface area contributed by atoms with Gasteiger partial charge < -0.3 is 9.84 Å². The van der Waals surface area contributed by atoms with Gasteiger partial charge in [-0.2, -0.15) is 0 Å². The molecular weight excluding hydrogens is 264 g/mol. The Labute approximate surface area is 128 Å². The summed E-state index contributed by atoms with van der Waals surface area (Å²) in [7, 11) is 0. The molecule has 3 nitrogen and oxygen atoms in total. The van der Waals surface area contributed by atoms with Gasteiger partial charge in [0.05, 0.1) is 12.7 Å². The Balaban J connectivity index is 2.76. The van der Waals surface area contributed by atoms with Gasteiger partial charge in [-0.15, -0.1) is 5.92 Å². The number of hydrogen-bond acceptors (Lipinski definition) is 3. The molecule has 21 heavy (non-hydrogen) atoms. The summed E-state index contributed by atoms with van der Waals surface area (Å²) in [6, 6.07) is 0. The number of aliphatic hydroxyl groups excluding tert-OH is 1. The van der Waals surface area contributed by atoms with E-state index in [-0.39, 0.29) is 5.97 Å². The van der Waals surface area contributed by atoms with E-state index in [0.717, 1.165) is 18.4 Å². The minimum absolute atomic E-state index is 0.296. The van der Waals surface area contributed by atoms with Crippen molar-refractivity contribution in [1.82, 2.24) is 0 Å². The number of carbonyl (C=O) groups is 1. The van der Waals surface area contributed by atoms with E-state index in [1.165, 1.54) is 0 Å². The van der Waals surface area contributed by atoms with Gasteiger partial charge in [-0.05, 0) is 37.7 Å². The van der Waals surface area contributed by atoms with E-state index in [9.17, 15) is 9.90 Å². The zero-order chi connectivity index (χ0) is 15.7. The van der Waals surface area contributed by atoms with Crippen molar-refractivity contribution in [3.05, 3.63) is 23.8 Å². The molecule has 0 spiro atoms. The Morgan fingerprint density at radius 3 is 2.95 bits per heavy atom. The Hall–Kier alpha value is -1.53. The van der Waals surface area contributed by atoms with Crippen LogP contribution in [-0.2, 0) is 9.53 Å². The summed E-state index contributed by atoms with van der Waals surface area (Å²) in [4.78, 5) is 11.8. The number of ether oxygens (including phenoxy) is 1. The molecule has 0 aromatic heterocycles. The smallest absolute Gasteiger partial charge is 0.325 e. The number of aliphatic hydroxyl groups is 1. The number of hydrogen-bond donors (Lipinski definition) is 1. The van der Waals surface area contributed by atoms with E-state index in [1.54, 1.807) is 13.0 Å². The quantitative estimate of drug-likeness (QED) is 0.480. The monoisotopic (exact) mass is 290 g/mol. The lowest BCUT2D eigenvalue weighted by atomic mass is 9.95. The summed E-state index contributed by atoms with van der Waals surface area (Å²) in [6.07, 6.45) is 8.28. The van der Waals surface area contributed by atoms with Crippen LogP contribution in [0.25, 0.3) is 0 Å². The molecule has 0 aromatic carbocycles. The second-order valence-corrected chi connectivity index (χ2v) is 5.65. The van der Waals surface area contributed by atoms with E-state index in [0.29, 0.717) is 25.4 Å². The molecule has 0 radical (unpaired) electrons. The van der Waals surface area contributed by atoms with Crippen LogP contribution in [0.1, 0.15) is 46.5 Å². The molecule has 0 fully saturated rings. The van der Waals surface area contributed by atoms with Crippen molar-refractivity contribution in [3.63, 3.8) is 0 Å². The molecular formula is C18H26O3. The molecule has 116 valence electrons. The van der Waals surface area contributed by atoms with Gasteiger partial charge in [0.2, 0.25) is 0 Å². The van der Waals surface area contributed by atoms with Gasteiger partial charge in [0.1, 0.15) is 5.92 Å². The lowest BCUT2D eigenvalue weighted by molar-refractivity contribution is -0.144. The summed E-state index contributed by atoms with van der Waals surface area (Å²) in [5.74, 6) is 5.62. The molecule has 1 aliphatic carbocycles. The molecule has 3 heteroatoms.